The number of hydrogen-bond donors (Lipinski definition) is 3. The molecule has 0 radical (unpaired) electrons. The van der Waals surface area contributed by atoms with Crippen molar-refractivity contribution in [1.29, 1.82) is 0 Å². The lowest BCUT2D eigenvalue weighted by atomic mass is 10.2. The lowest BCUT2D eigenvalue weighted by Crippen LogP contribution is -2.51. The van der Waals surface area contributed by atoms with Crippen LogP contribution in [0, 0.1) is 0 Å². The number of nitrogens with one attached hydrogen (secondary N) is 1. The van der Waals surface area contributed by atoms with Gasteiger partial charge in [-0.2, -0.15) is 17.4 Å². The molecule has 7 nitrogen and oxygen atoms in total. The van der Waals surface area contributed by atoms with Gasteiger partial charge in [0.25, 0.3) is 10.2 Å². The molecule has 1 rings (SSSR count). The summed E-state index contributed by atoms with van der Waals surface area (Å²) in [6.45, 7) is 0.0304. The first-order valence-corrected chi connectivity index (χ1v) is 6.52. The number of carbonyl (C=O) groups is 1. The van der Waals surface area contributed by atoms with E-state index >= 15 is 0 Å². The van der Waals surface area contributed by atoms with Gasteiger partial charge in [-0.05, 0) is 12.8 Å². The molecule has 1 saturated heterocycles. The molecule has 0 spiro atoms. The second kappa shape index (κ2) is 5.58. The van der Waals surface area contributed by atoms with Gasteiger partial charge in [-0.25, -0.2) is 0 Å². The molecule has 1 atom stereocenters. The Morgan fingerprint density at radius 3 is 2.31 bits per heavy atom. The van der Waals surface area contributed by atoms with Gasteiger partial charge in [0.05, 0.1) is 6.61 Å². The van der Waals surface area contributed by atoms with E-state index in [1.54, 1.807) is 0 Å². The maximum Gasteiger partial charge on any atom is 0.324 e. The molecule has 0 aromatic rings. The van der Waals surface area contributed by atoms with Crippen LogP contribution < -0.4 is 4.72 Å². The molecule has 94 valence electrons. The Kier molecular flexibility index (Phi) is 4.66. The number of aliphatic carboxylic acids is 1. The minimum atomic E-state index is -3.80. The van der Waals surface area contributed by atoms with Crippen LogP contribution in [0.1, 0.15) is 19.3 Å². The first-order chi connectivity index (χ1) is 7.47. The summed E-state index contributed by atoms with van der Waals surface area (Å²) in [7, 11) is -3.80. The monoisotopic (exact) mass is 252 g/mol. The average Bonchev–Trinajstić information content (AvgIpc) is 2.27. The molecule has 0 aliphatic carbocycles. The Morgan fingerprint density at radius 2 is 1.88 bits per heavy atom. The molecule has 1 fully saturated rings. The summed E-state index contributed by atoms with van der Waals surface area (Å²) in [5.74, 6) is -1.39. The summed E-state index contributed by atoms with van der Waals surface area (Å²) < 4.78 is 26.6. The first kappa shape index (κ1) is 13.4. The Hall–Kier alpha value is -0.700. The Labute approximate surface area is 94.2 Å². The Bertz CT molecular complexity index is 336. The van der Waals surface area contributed by atoms with Crippen LogP contribution in [0.4, 0.5) is 0 Å². The van der Waals surface area contributed by atoms with Crippen LogP contribution in [-0.2, 0) is 15.0 Å². The number of carboxylic acid groups (broad SMARTS) is 1. The summed E-state index contributed by atoms with van der Waals surface area (Å²) in [6, 6.07) is -1.48. The first-order valence-electron chi connectivity index (χ1n) is 5.08. The molecular formula is C8H16N2O5S. The molecule has 0 amide bonds. The van der Waals surface area contributed by atoms with Gasteiger partial charge in [-0.3, -0.25) is 4.79 Å². The van der Waals surface area contributed by atoms with E-state index in [9.17, 15) is 13.2 Å². The maximum atomic E-state index is 11.7. The topological polar surface area (TPSA) is 107 Å². The third-order valence-electron chi connectivity index (χ3n) is 2.43. The lowest BCUT2D eigenvalue weighted by molar-refractivity contribution is -0.139. The zero-order valence-electron chi connectivity index (χ0n) is 8.79. The van der Waals surface area contributed by atoms with E-state index in [0.717, 1.165) is 19.3 Å². The van der Waals surface area contributed by atoms with E-state index < -0.39 is 28.8 Å². The molecular weight excluding hydrogens is 236 g/mol. The van der Waals surface area contributed by atoms with Gasteiger partial charge < -0.3 is 10.2 Å². The quantitative estimate of drug-likeness (QED) is 0.567. The van der Waals surface area contributed by atoms with Crippen molar-refractivity contribution in [2.24, 2.45) is 0 Å². The van der Waals surface area contributed by atoms with Crippen LogP contribution in [0.3, 0.4) is 0 Å². The predicted molar refractivity (Wildman–Crippen MR) is 56.0 cm³/mol. The highest BCUT2D eigenvalue weighted by Gasteiger charge is 2.29. The zero-order valence-corrected chi connectivity index (χ0v) is 9.61. The number of carboxylic acids is 1. The fourth-order valence-corrected chi connectivity index (χ4v) is 2.95. The van der Waals surface area contributed by atoms with Crippen LogP contribution in [-0.4, -0.2) is 54.6 Å². The van der Waals surface area contributed by atoms with Crippen LogP contribution in [0.2, 0.25) is 0 Å². The molecule has 1 unspecified atom stereocenters. The average molecular weight is 252 g/mol. The molecule has 16 heavy (non-hydrogen) atoms. The van der Waals surface area contributed by atoms with E-state index in [1.807, 2.05) is 4.72 Å². The minimum Gasteiger partial charge on any atom is -0.480 e. The molecule has 0 bridgehead atoms. The van der Waals surface area contributed by atoms with Crippen LogP contribution >= 0.6 is 0 Å². The van der Waals surface area contributed by atoms with Crippen molar-refractivity contribution >= 4 is 16.2 Å². The van der Waals surface area contributed by atoms with Gasteiger partial charge in [0.2, 0.25) is 0 Å². The maximum absolute atomic E-state index is 11.7. The van der Waals surface area contributed by atoms with Crippen molar-refractivity contribution < 1.29 is 23.4 Å². The molecule has 0 aromatic carbocycles. The van der Waals surface area contributed by atoms with Crippen molar-refractivity contribution in [3.05, 3.63) is 0 Å². The molecule has 8 heteroatoms. The highest BCUT2D eigenvalue weighted by molar-refractivity contribution is 7.87. The van der Waals surface area contributed by atoms with E-state index in [2.05, 4.69) is 0 Å². The van der Waals surface area contributed by atoms with E-state index in [4.69, 9.17) is 10.2 Å². The molecule has 0 aromatic heterocycles. The molecule has 0 saturated carbocycles. The van der Waals surface area contributed by atoms with Crippen molar-refractivity contribution in [2.75, 3.05) is 19.7 Å². The van der Waals surface area contributed by atoms with Gasteiger partial charge in [-0.15, -0.1) is 0 Å². The number of aliphatic hydroxyl groups is 1. The van der Waals surface area contributed by atoms with Gasteiger partial charge in [0, 0.05) is 13.1 Å². The van der Waals surface area contributed by atoms with E-state index in [-0.39, 0.29) is 0 Å². The Morgan fingerprint density at radius 1 is 1.31 bits per heavy atom. The van der Waals surface area contributed by atoms with Crippen molar-refractivity contribution in [1.82, 2.24) is 9.03 Å². The molecule has 1 heterocycles. The summed E-state index contributed by atoms with van der Waals surface area (Å²) in [4.78, 5) is 10.6. The summed E-state index contributed by atoms with van der Waals surface area (Å²) in [5.41, 5.74) is 0. The van der Waals surface area contributed by atoms with Gasteiger partial charge in [0.1, 0.15) is 6.04 Å². The third-order valence-corrected chi connectivity index (χ3v) is 4.05. The lowest BCUT2D eigenvalue weighted by Gasteiger charge is -2.27. The van der Waals surface area contributed by atoms with Crippen LogP contribution in [0.15, 0.2) is 0 Å². The SMILES string of the molecule is O=C(O)C(CO)NS(=O)(=O)N1CCCCC1. The fraction of sp³-hybridized carbons (Fsp3) is 0.875. The highest BCUT2D eigenvalue weighted by Crippen LogP contribution is 2.12. The molecule has 1 aliphatic heterocycles. The smallest absolute Gasteiger partial charge is 0.324 e. The Balaban J connectivity index is 2.65. The number of nitrogens with zero attached hydrogens (tertiary/aromatic N) is 1. The van der Waals surface area contributed by atoms with E-state index in [1.165, 1.54) is 4.31 Å². The number of aliphatic hydroxyl groups excluding tert-OH is 1. The van der Waals surface area contributed by atoms with Gasteiger partial charge in [-0.1, -0.05) is 6.42 Å². The minimum absolute atomic E-state index is 0.396. The summed E-state index contributed by atoms with van der Waals surface area (Å²) >= 11 is 0. The van der Waals surface area contributed by atoms with E-state index in [0.29, 0.717) is 13.1 Å². The van der Waals surface area contributed by atoms with Crippen molar-refractivity contribution in [2.45, 2.75) is 25.3 Å². The molecule has 1 aliphatic rings. The number of hydrogen-bond acceptors (Lipinski definition) is 4. The third kappa shape index (κ3) is 3.41. The van der Waals surface area contributed by atoms with Crippen LogP contribution in [0.5, 0.6) is 0 Å². The second-order valence-electron chi connectivity index (χ2n) is 3.66. The number of rotatable bonds is 5. The fourth-order valence-electron chi connectivity index (χ4n) is 1.53. The number of piperidine rings is 1. The van der Waals surface area contributed by atoms with Crippen molar-refractivity contribution in [3.63, 3.8) is 0 Å². The highest BCUT2D eigenvalue weighted by atomic mass is 32.2. The van der Waals surface area contributed by atoms with Gasteiger partial charge >= 0.3 is 5.97 Å². The normalized spacial score (nSPS) is 20.6. The summed E-state index contributed by atoms with van der Waals surface area (Å²) in [5, 5.41) is 17.4. The zero-order chi connectivity index (χ0) is 12.2. The molecule has 3 N–H and O–H groups in total. The summed E-state index contributed by atoms with van der Waals surface area (Å²) in [6.07, 6.45) is 2.53. The van der Waals surface area contributed by atoms with Crippen LogP contribution in [0.25, 0.3) is 0 Å². The second-order valence-corrected chi connectivity index (χ2v) is 5.36. The predicted octanol–water partition coefficient (Wildman–Crippen LogP) is -1.25. The largest absolute Gasteiger partial charge is 0.480 e. The van der Waals surface area contributed by atoms with Crippen molar-refractivity contribution in [3.8, 4) is 0 Å². The standard InChI is InChI=1S/C8H16N2O5S/c11-6-7(8(12)13)9-16(14,15)10-4-2-1-3-5-10/h7,9,11H,1-6H2,(H,12,13). The van der Waals surface area contributed by atoms with Gasteiger partial charge in [0.15, 0.2) is 0 Å².